The number of nitrogens with zero attached hydrogens (tertiary/aromatic N) is 1. The second kappa shape index (κ2) is 2.47. The molecule has 0 amide bonds. The van der Waals surface area contributed by atoms with Crippen molar-refractivity contribution in [2.45, 2.75) is 12.5 Å². The van der Waals surface area contributed by atoms with Crippen LogP contribution in [0.25, 0.3) is 0 Å². The molecular formula is C7H9NO3. The van der Waals surface area contributed by atoms with Crippen LogP contribution in [0.4, 0.5) is 0 Å². The zero-order chi connectivity index (χ0) is 8.48. The molecule has 1 unspecified atom stereocenters. The first-order valence-corrected chi connectivity index (χ1v) is 3.21. The molecule has 1 atom stereocenters. The molecule has 0 saturated heterocycles. The van der Waals surface area contributed by atoms with Gasteiger partial charge in [0.05, 0.1) is 6.54 Å². The summed E-state index contributed by atoms with van der Waals surface area (Å²) in [5.74, 6) is -1.26. The Morgan fingerprint density at radius 3 is 2.82 bits per heavy atom. The average Bonchev–Trinajstić information content (AvgIpc) is 1.95. The Kier molecular flexibility index (Phi) is 1.78. The third kappa shape index (κ3) is 1.46. The van der Waals surface area contributed by atoms with Crippen LogP contribution in [0, 0.1) is 0 Å². The van der Waals surface area contributed by atoms with E-state index in [4.69, 9.17) is 5.11 Å². The van der Waals surface area contributed by atoms with Crippen molar-refractivity contribution in [3.63, 3.8) is 0 Å². The highest BCUT2D eigenvalue weighted by molar-refractivity contribution is 5.96. The summed E-state index contributed by atoms with van der Waals surface area (Å²) < 4.78 is 0. The first-order valence-electron chi connectivity index (χ1n) is 3.21. The Hall–Kier alpha value is -1.16. The van der Waals surface area contributed by atoms with Crippen LogP contribution in [0.3, 0.4) is 0 Å². The highest BCUT2D eigenvalue weighted by Gasteiger charge is 2.34. The molecule has 1 rings (SSSR count). The predicted molar refractivity (Wildman–Crippen MR) is 39.7 cm³/mol. The number of carboxylic acid groups (broad SMARTS) is 1. The van der Waals surface area contributed by atoms with Crippen LogP contribution in [-0.2, 0) is 4.79 Å². The second-order valence-electron chi connectivity index (χ2n) is 2.52. The van der Waals surface area contributed by atoms with Gasteiger partial charge in [-0.25, -0.2) is 4.79 Å². The molecule has 0 saturated carbocycles. The quantitative estimate of drug-likeness (QED) is 0.552. The number of dihydropyridines is 1. The monoisotopic (exact) mass is 155 g/mol. The van der Waals surface area contributed by atoms with E-state index in [9.17, 15) is 9.90 Å². The van der Waals surface area contributed by atoms with Crippen molar-refractivity contribution >= 4 is 11.7 Å². The zero-order valence-corrected chi connectivity index (χ0v) is 6.11. The van der Waals surface area contributed by atoms with Crippen molar-refractivity contribution in [1.82, 2.24) is 0 Å². The van der Waals surface area contributed by atoms with Gasteiger partial charge in [0, 0.05) is 5.71 Å². The van der Waals surface area contributed by atoms with Crippen molar-refractivity contribution in [3.05, 3.63) is 12.2 Å². The molecule has 1 heterocycles. The molecular weight excluding hydrogens is 146 g/mol. The van der Waals surface area contributed by atoms with E-state index in [0.29, 0.717) is 0 Å². The highest BCUT2D eigenvalue weighted by Crippen LogP contribution is 2.12. The number of aliphatic carboxylic acids is 1. The number of allylic oxidation sites excluding steroid dienone is 1. The summed E-state index contributed by atoms with van der Waals surface area (Å²) in [6.07, 6.45) is 2.75. The lowest BCUT2D eigenvalue weighted by atomic mass is 10.0. The van der Waals surface area contributed by atoms with Gasteiger partial charge in [0.25, 0.3) is 0 Å². The number of aliphatic hydroxyl groups is 1. The van der Waals surface area contributed by atoms with Gasteiger partial charge in [0.15, 0.2) is 5.60 Å². The number of hydrogen-bond acceptors (Lipinski definition) is 3. The molecule has 4 heteroatoms. The summed E-state index contributed by atoms with van der Waals surface area (Å²) in [4.78, 5) is 14.2. The number of carbonyl (C=O) groups is 1. The second-order valence-corrected chi connectivity index (χ2v) is 2.52. The molecule has 0 aliphatic carbocycles. The van der Waals surface area contributed by atoms with Crippen molar-refractivity contribution in [3.8, 4) is 0 Å². The van der Waals surface area contributed by atoms with E-state index in [-0.39, 0.29) is 6.54 Å². The Morgan fingerprint density at radius 1 is 1.82 bits per heavy atom. The van der Waals surface area contributed by atoms with E-state index >= 15 is 0 Å². The van der Waals surface area contributed by atoms with Crippen LogP contribution in [0.1, 0.15) is 6.92 Å². The summed E-state index contributed by atoms with van der Waals surface area (Å²) in [6.45, 7) is 1.66. The summed E-state index contributed by atoms with van der Waals surface area (Å²) in [5, 5.41) is 17.8. The minimum absolute atomic E-state index is 0.0926. The van der Waals surface area contributed by atoms with Crippen LogP contribution >= 0.6 is 0 Å². The molecule has 60 valence electrons. The summed E-state index contributed by atoms with van der Waals surface area (Å²) >= 11 is 0. The van der Waals surface area contributed by atoms with Crippen molar-refractivity contribution in [2.75, 3.05) is 6.54 Å². The fourth-order valence-electron chi connectivity index (χ4n) is 0.748. The van der Waals surface area contributed by atoms with E-state index in [1.54, 1.807) is 6.92 Å². The van der Waals surface area contributed by atoms with Crippen LogP contribution in [-0.4, -0.2) is 34.0 Å². The van der Waals surface area contributed by atoms with Crippen molar-refractivity contribution < 1.29 is 15.0 Å². The molecule has 0 aromatic heterocycles. The lowest BCUT2D eigenvalue weighted by molar-refractivity contribution is -0.152. The van der Waals surface area contributed by atoms with Crippen LogP contribution < -0.4 is 0 Å². The third-order valence-electron chi connectivity index (χ3n) is 1.54. The van der Waals surface area contributed by atoms with Crippen LogP contribution in [0.15, 0.2) is 17.1 Å². The maximum Gasteiger partial charge on any atom is 0.341 e. The Balaban J connectivity index is 2.82. The largest absolute Gasteiger partial charge is 0.479 e. The molecule has 0 aromatic rings. The summed E-state index contributed by atoms with van der Waals surface area (Å²) in [7, 11) is 0. The van der Waals surface area contributed by atoms with Crippen LogP contribution in [0.2, 0.25) is 0 Å². The number of aliphatic imine (C=N–C) groups is 1. The van der Waals surface area contributed by atoms with Gasteiger partial charge in [0.1, 0.15) is 0 Å². The van der Waals surface area contributed by atoms with E-state index in [2.05, 4.69) is 4.99 Å². The summed E-state index contributed by atoms with van der Waals surface area (Å²) in [6, 6.07) is 0. The Bertz CT molecular complexity index is 244. The standard InChI is InChI=1S/C7H9NO3/c1-5-2-3-7(11,4-8-5)6(9)10/h2-3,11H,4H2,1H3,(H,9,10). The van der Waals surface area contributed by atoms with Gasteiger partial charge in [-0.15, -0.1) is 0 Å². The van der Waals surface area contributed by atoms with Crippen molar-refractivity contribution in [1.29, 1.82) is 0 Å². The summed E-state index contributed by atoms with van der Waals surface area (Å²) in [5.41, 5.74) is -1.06. The Labute approximate surface area is 63.9 Å². The van der Waals surface area contributed by atoms with E-state index < -0.39 is 11.6 Å². The van der Waals surface area contributed by atoms with Gasteiger partial charge in [-0.2, -0.15) is 0 Å². The lowest BCUT2D eigenvalue weighted by Gasteiger charge is -2.19. The Morgan fingerprint density at radius 2 is 2.45 bits per heavy atom. The van der Waals surface area contributed by atoms with Crippen molar-refractivity contribution in [2.24, 2.45) is 4.99 Å². The minimum atomic E-state index is -1.79. The van der Waals surface area contributed by atoms with Gasteiger partial charge < -0.3 is 10.2 Å². The maximum absolute atomic E-state index is 10.4. The third-order valence-corrected chi connectivity index (χ3v) is 1.54. The number of hydrogen-bond donors (Lipinski definition) is 2. The number of rotatable bonds is 1. The first kappa shape index (κ1) is 7.94. The maximum atomic E-state index is 10.4. The average molecular weight is 155 g/mol. The lowest BCUT2D eigenvalue weighted by Crippen LogP contribution is -2.41. The molecule has 0 fully saturated rings. The van der Waals surface area contributed by atoms with Gasteiger partial charge in [0.2, 0.25) is 0 Å². The SMILES string of the molecule is CC1=NCC(O)(C(=O)O)C=C1. The van der Waals surface area contributed by atoms with Gasteiger partial charge in [-0.05, 0) is 19.1 Å². The highest BCUT2D eigenvalue weighted by atomic mass is 16.4. The first-order chi connectivity index (χ1) is 5.04. The molecule has 1 aliphatic heterocycles. The molecule has 11 heavy (non-hydrogen) atoms. The van der Waals surface area contributed by atoms with E-state index in [1.807, 2.05) is 0 Å². The molecule has 0 bridgehead atoms. The fraction of sp³-hybridized carbons (Fsp3) is 0.429. The predicted octanol–water partition coefficient (Wildman–Crippen LogP) is -0.167. The minimum Gasteiger partial charge on any atom is -0.479 e. The van der Waals surface area contributed by atoms with E-state index in [1.165, 1.54) is 12.2 Å². The smallest absolute Gasteiger partial charge is 0.341 e. The zero-order valence-electron chi connectivity index (χ0n) is 6.11. The molecule has 1 aliphatic rings. The molecule has 0 spiro atoms. The van der Waals surface area contributed by atoms with E-state index in [0.717, 1.165) is 5.71 Å². The van der Waals surface area contributed by atoms with Gasteiger partial charge >= 0.3 is 5.97 Å². The normalized spacial score (nSPS) is 29.8. The van der Waals surface area contributed by atoms with Crippen LogP contribution in [0.5, 0.6) is 0 Å². The van der Waals surface area contributed by atoms with Gasteiger partial charge in [-0.3, -0.25) is 4.99 Å². The topological polar surface area (TPSA) is 69.9 Å². The number of carboxylic acids is 1. The fourth-order valence-corrected chi connectivity index (χ4v) is 0.748. The van der Waals surface area contributed by atoms with Gasteiger partial charge in [-0.1, -0.05) is 0 Å². The molecule has 0 aromatic carbocycles. The molecule has 0 radical (unpaired) electrons. The molecule has 2 N–H and O–H groups in total. The molecule has 4 nitrogen and oxygen atoms in total.